The lowest BCUT2D eigenvalue weighted by Crippen LogP contribution is -2.21. The third-order valence-corrected chi connectivity index (χ3v) is 2.99. The van der Waals surface area contributed by atoms with Crippen molar-refractivity contribution >= 4 is 35.1 Å². The molecule has 0 fully saturated rings. The summed E-state index contributed by atoms with van der Waals surface area (Å²) in [5, 5.41) is 15.4. The van der Waals surface area contributed by atoms with Gasteiger partial charge in [-0.1, -0.05) is 24.3 Å². The molecule has 5 nitrogen and oxygen atoms in total. The number of thiocarbonyl (C=S) groups is 1. The number of para-hydroxylation sites is 1. The zero-order chi connectivity index (χ0) is 16.5. The Hall–Kier alpha value is -2.47. The molecule has 0 atom stereocenters. The van der Waals surface area contributed by atoms with Gasteiger partial charge in [-0.3, -0.25) is 4.79 Å². The van der Waals surface area contributed by atoms with Crippen molar-refractivity contribution in [2.45, 2.75) is 13.8 Å². The van der Waals surface area contributed by atoms with Crippen molar-refractivity contribution in [2.75, 3.05) is 11.9 Å². The molecule has 0 spiro atoms. The van der Waals surface area contributed by atoms with Crippen molar-refractivity contribution in [1.82, 2.24) is 5.32 Å². The first kappa shape index (κ1) is 17.6. The molecule has 22 heavy (non-hydrogen) atoms. The van der Waals surface area contributed by atoms with Crippen molar-refractivity contribution < 1.29 is 9.90 Å². The number of aliphatic imine (C=N–C) groups is 1. The lowest BCUT2D eigenvalue weighted by atomic mass is 10.2. The molecule has 6 heteroatoms. The van der Waals surface area contributed by atoms with E-state index in [9.17, 15) is 9.90 Å². The standard InChI is InChI=1S/C16H19N3O2S/c1-4-9-17-16(22)18-10-13(12(3)20)15(21)19-14-8-6-5-7-11(14)2/h4-8,10,20H,1,9H2,2-3H3,(H,17,22)(H,19,21). The second-order valence-electron chi connectivity index (χ2n) is 4.50. The Bertz CT molecular complexity index is 632. The smallest absolute Gasteiger partial charge is 0.260 e. The molecule has 0 aliphatic carbocycles. The molecular weight excluding hydrogens is 298 g/mol. The van der Waals surface area contributed by atoms with Crippen LogP contribution in [0.2, 0.25) is 0 Å². The molecule has 0 radical (unpaired) electrons. The van der Waals surface area contributed by atoms with Crippen LogP contribution in [0.15, 0.2) is 53.2 Å². The van der Waals surface area contributed by atoms with Crippen molar-refractivity contribution in [3.05, 3.63) is 53.8 Å². The Labute approximate surface area is 135 Å². The van der Waals surface area contributed by atoms with E-state index in [0.717, 1.165) is 5.56 Å². The van der Waals surface area contributed by atoms with E-state index in [0.29, 0.717) is 12.2 Å². The first-order valence-electron chi connectivity index (χ1n) is 6.65. The normalized spacial score (nSPS) is 11.7. The number of hydrogen-bond donors (Lipinski definition) is 3. The van der Waals surface area contributed by atoms with Crippen molar-refractivity contribution in [3.63, 3.8) is 0 Å². The fourth-order valence-corrected chi connectivity index (χ4v) is 1.68. The number of rotatable bonds is 5. The lowest BCUT2D eigenvalue weighted by Gasteiger charge is -2.09. The highest BCUT2D eigenvalue weighted by atomic mass is 32.1. The third-order valence-electron chi connectivity index (χ3n) is 2.74. The average molecular weight is 317 g/mol. The van der Waals surface area contributed by atoms with E-state index in [4.69, 9.17) is 12.2 Å². The number of nitrogens with zero attached hydrogens (tertiary/aromatic N) is 1. The molecule has 1 aromatic rings. The highest BCUT2D eigenvalue weighted by Crippen LogP contribution is 2.14. The quantitative estimate of drug-likeness (QED) is 0.257. The average Bonchev–Trinajstić information content (AvgIpc) is 2.47. The number of aryl methyl sites for hydroxylation is 1. The number of carbonyl (C=O) groups excluding carboxylic acids is 1. The van der Waals surface area contributed by atoms with Crippen LogP contribution in [0.5, 0.6) is 0 Å². The summed E-state index contributed by atoms with van der Waals surface area (Å²) in [7, 11) is 0. The van der Waals surface area contributed by atoms with E-state index < -0.39 is 5.91 Å². The molecule has 0 heterocycles. The molecule has 0 bridgehead atoms. The number of amides is 1. The highest BCUT2D eigenvalue weighted by molar-refractivity contribution is 7.80. The maximum atomic E-state index is 12.2. The number of aliphatic hydroxyl groups excluding tert-OH is 1. The van der Waals surface area contributed by atoms with Crippen LogP contribution in [0.3, 0.4) is 0 Å². The summed E-state index contributed by atoms with van der Waals surface area (Å²) in [4.78, 5) is 16.2. The van der Waals surface area contributed by atoms with Gasteiger partial charge in [0.25, 0.3) is 5.91 Å². The minimum atomic E-state index is -0.454. The fraction of sp³-hybridized carbons (Fsp3) is 0.188. The Kier molecular flexibility index (Phi) is 6.98. The number of nitrogens with one attached hydrogen (secondary N) is 2. The minimum absolute atomic E-state index is 0.0472. The highest BCUT2D eigenvalue weighted by Gasteiger charge is 2.12. The van der Waals surface area contributed by atoms with Gasteiger partial charge in [-0.2, -0.15) is 0 Å². The SMILES string of the molecule is C=CCNC(=S)N=CC(C(=O)Nc1ccccc1C)=C(C)O. The summed E-state index contributed by atoms with van der Waals surface area (Å²) in [6.07, 6.45) is 2.88. The zero-order valence-corrected chi connectivity index (χ0v) is 13.4. The second kappa shape index (κ2) is 8.74. The predicted octanol–water partition coefficient (Wildman–Crippen LogP) is 2.90. The number of aliphatic hydroxyl groups is 1. The van der Waals surface area contributed by atoms with E-state index in [-0.39, 0.29) is 16.4 Å². The van der Waals surface area contributed by atoms with Gasteiger partial charge in [-0.25, -0.2) is 4.99 Å². The largest absolute Gasteiger partial charge is 0.512 e. The van der Waals surface area contributed by atoms with Crippen LogP contribution in [0, 0.1) is 6.92 Å². The van der Waals surface area contributed by atoms with Gasteiger partial charge in [-0.05, 0) is 37.7 Å². The van der Waals surface area contributed by atoms with E-state index in [1.165, 1.54) is 13.1 Å². The molecule has 0 aliphatic heterocycles. The molecule has 1 aromatic carbocycles. The van der Waals surface area contributed by atoms with Gasteiger partial charge in [0.2, 0.25) is 0 Å². The van der Waals surface area contributed by atoms with E-state index in [1.807, 2.05) is 25.1 Å². The van der Waals surface area contributed by atoms with Gasteiger partial charge >= 0.3 is 0 Å². The van der Waals surface area contributed by atoms with Crippen molar-refractivity contribution in [3.8, 4) is 0 Å². The topological polar surface area (TPSA) is 73.7 Å². The van der Waals surface area contributed by atoms with Crippen LogP contribution in [0.1, 0.15) is 12.5 Å². The van der Waals surface area contributed by atoms with Gasteiger partial charge in [0.05, 0.1) is 5.57 Å². The molecule has 0 saturated carbocycles. The van der Waals surface area contributed by atoms with E-state index >= 15 is 0 Å². The Balaban J connectivity index is 2.84. The summed E-state index contributed by atoms with van der Waals surface area (Å²) in [6.45, 7) is 7.32. The Morgan fingerprint density at radius 3 is 2.73 bits per heavy atom. The lowest BCUT2D eigenvalue weighted by molar-refractivity contribution is -0.112. The molecule has 116 valence electrons. The van der Waals surface area contributed by atoms with Crippen LogP contribution in [-0.2, 0) is 4.79 Å². The molecule has 0 aromatic heterocycles. The molecule has 0 unspecified atom stereocenters. The van der Waals surface area contributed by atoms with Crippen LogP contribution in [0.4, 0.5) is 5.69 Å². The van der Waals surface area contributed by atoms with Gasteiger partial charge in [0.15, 0.2) is 5.11 Å². The maximum Gasteiger partial charge on any atom is 0.260 e. The maximum absolute atomic E-state index is 12.2. The van der Waals surface area contributed by atoms with Crippen molar-refractivity contribution in [2.24, 2.45) is 4.99 Å². The predicted molar refractivity (Wildman–Crippen MR) is 94.4 cm³/mol. The van der Waals surface area contributed by atoms with E-state index in [1.54, 1.807) is 12.1 Å². The van der Waals surface area contributed by atoms with Crippen LogP contribution >= 0.6 is 12.2 Å². The van der Waals surface area contributed by atoms with E-state index in [2.05, 4.69) is 22.2 Å². The molecule has 3 N–H and O–H groups in total. The van der Waals surface area contributed by atoms with Crippen LogP contribution < -0.4 is 10.6 Å². The summed E-state index contributed by atoms with van der Waals surface area (Å²) in [5.41, 5.74) is 1.64. The Morgan fingerprint density at radius 1 is 1.45 bits per heavy atom. The first-order valence-corrected chi connectivity index (χ1v) is 7.06. The summed E-state index contributed by atoms with van der Waals surface area (Å²) in [5.74, 6) is -0.592. The van der Waals surface area contributed by atoms with Crippen LogP contribution in [0.25, 0.3) is 0 Å². The fourth-order valence-electron chi connectivity index (χ4n) is 1.55. The summed E-state index contributed by atoms with van der Waals surface area (Å²) in [6, 6.07) is 7.36. The number of allylic oxidation sites excluding steroid dienone is 1. The monoisotopic (exact) mass is 317 g/mol. The Morgan fingerprint density at radius 2 is 2.14 bits per heavy atom. The van der Waals surface area contributed by atoms with Gasteiger partial charge < -0.3 is 15.7 Å². The molecule has 0 saturated heterocycles. The first-order chi connectivity index (χ1) is 10.5. The number of anilines is 1. The number of hydrogen-bond acceptors (Lipinski definition) is 3. The van der Waals surface area contributed by atoms with Gasteiger partial charge in [0, 0.05) is 18.4 Å². The molecular formula is C16H19N3O2S. The number of carbonyl (C=O) groups is 1. The van der Waals surface area contributed by atoms with Crippen LogP contribution in [-0.4, -0.2) is 28.9 Å². The summed E-state index contributed by atoms with van der Waals surface area (Å²) < 4.78 is 0. The third kappa shape index (κ3) is 5.49. The zero-order valence-electron chi connectivity index (χ0n) is 12.6. The summed E-state index contributed by atoms with van der Waals surface area (Å²) >= 11 is 4.97. The molecule has 0 aliphatic rings. The van der Waals surface area contributed by atoms with Crippen molar-refractivity contribution in [1.29, 1.82) is 0 Å². The van der Waals surface area contributed by atoms with Gasteiger partial charge in [-0.15, -0.1) is 6.58 Å². The number of benzene rings is 1. The molecule has 1 rings (SSSR count). The minimum Gasteiger partial charge on any atom is -0.512 e. The molecule has 1 amide bonds. The second-order valence-corrected chi connectivity index (χ2v) is 4.89. The van der Waals surface area contributed by atoms with Gasteiger partial charge in [0.1, 0.15) is 5.76 Å².